The predicted octanol–water partition coefficient (Wildman–Crippen LogP) is -2.15. The van der Waals surface area contributed by atoms with E-state index in [0.29, 0.717) is 0 Å². The van der Waals surface area contributed by atoms with Crippen LogP contribution in [0.2, 0.25) is 0 Å². The molecule has 0 unspecified atom stereocenters. The van der Waals surface area contributed by atoms with Gasteiger partial charge in [-0.25, -0.2) is 0 Å². The minimum absolute atomic E-state index is 0.0131. The van der Waals surface area contributed by atoms with E-state index < -0.39 is 24.2 Å². The molecule has 0 aromatic carbocycles. The van der Waals surface area contributed by atoms with E-state index in [1.165, 1.54) is 7.05 Å². The van der Waals surface area contributed by atoms with Crippen molar-refractivity contribution in [3.63, 3.8) is 0 Å². The Morgan fingerprint density at radius 1 is 1.64 bits per heavy atom. The number of likely N-dealkylation sites (N-methyl/N-ethyl adjacent to an activating group) is 1. The van der Waals surface area contributed by atoms with Crippen molar-refractivity contribution in [3.8, 4) is 0 Å². The molecule has 0 radical (unpaired) electrons. The average Bonchev–Trinajstić information content (AvgIpc) is 2.32. The summed E-state index contributed by atoms with van der Waals surface area (Å²) in [5.74, 6) is -0.408. The lowest BCUT2D eigenvalue weighted by Gasteiger charge is -2.12. The monoisotopic (exact) mass is 161 g/mol. The van der Waals surface area contributed by atoms with Crippen LogP contribution < -0.4 is 5.32 Å². The molecule has 1 amide bonds. The van der Waals surface area contributed by atoms with E-state index in [1.807, 2.05) is 0 Å². The van der Waals surface area contributed by atoms with Crippen LogP contribution in [0.1, 0.15) is 0 Å². The molecule has 3 atom stereocenters. The summed E-state index contributed by atoms with van der Waals surface area (Å²) >= 11 is 0. The number of aliphatic hydroxyl groups is 2. The van der Waals surface area contributed by atoms with Gasteiger partial charge in [0, 0.05) is 7.05 Å². The van der Waals surface area contributed by atoms with Gasteiger partial charge in [-0.05, 0) is 0 Å². The zero-order valence-electron chi connectivity index (χ0n) is 6.15. The van der Waals surface area contributed by atoms with E-state index in [2.05, 4.69) is 5.32 Å². The smallest absolute Gasteiger partial charge is 0.251 e. The van der Waals surface area contributed by atoms with Crippen LogP contribution in [0.5, 0.6) is 0 Å². The first-order valence-electron chi connectivity index (χ1n) is 3.36. The van der Waals surface area contributed by atoms with Crippen LogP contribution in [0, 0.1) is 0 Å². The molecule has 5 heteroatoms. The highest BCUT2D eigenvalue weighted by Crippen LogP contribution is 2.13. The summed E-state index contributed by atoms with van der Waals surface area (Å²) in [5, 5.41) is 20.4. The highest BCUT2D eigenvalue weighted by molar-refractivity contribution is 5.81. The Morgan fingerprint density at radius 3 is 2.64 bits per heavy atom. The van der Waals surface area contributed by atoms with E-state index in [9.17, 15) is 4.79 Å². The summed E-state index contributed by atoms with van der Waals surface area (Å²) in [4.78, 5) is 10.9. The summed E-state index contributed by atoms with van der Waals surface area (Å²) in [5.41, 5.74) is 0. The van der Waals surface area contributed by atoms with Crippen molar-refractivity contribution >= 4 is 5.91 Å². The Bertz CT molecular complexity index is 161. The van der Waals surface area contributed by atoms with Crippen LogP contribution in [0.3, 0.4) is 0 Å². The molecule has 1 fully saturated rings. The first-order valence-corrected chi connectivity index (χ1v) is 3.36. The maximum absolute atomic E-state index is 10.9. The Labute approximate surface area is 64.0 Å². The van der Waals surface area contributed by atoms with Crippen molar-refractivity contribution in [2.24, 2.45) is 0 Å². The molecular formula is C6H11NO4. The second-order valence-electron chi connectivity index (χ2n) is 2.43. The van der Waals surface area contributed by atoms with E-state index >= 15 is 0 Å². The molecule has 0 bridgehead atoms. The van der Waals surface area contributed by atoms with Gasteiger partial charge in [0.25, 0.3) is 5.91 Å². The Balaban J connectivity index is 2.54. The maximum atomic E-state index is 10.9. The van der Waals surface area contributed by atoms with Gasteiger partial charge in [0.1, 0.15) is 12.2 Å². The van der Waals surface area contributed by atoms with Crippen molar-refractivity contribution in [1.29, 1.82) is 0 Å². The van der Waals surface area contributed by atoms with Crippen molar-refractivity contribution in [1.82, 2.24) is 5.32 Å². The maximum Gasteiger partial charge on any atom is 0.251 e. The number of carbonyl (C=O) groups excluding carboxylic acids is 1. The fraction of sp³-hybridized carbons (Fsp3) is 0.833. The van der Waals surface area contributed by atoms with Crippen LogP contribution in [0.15, 0.2) is 0 Å². The van der Waals surface area contributed by atoms with Crippen molar-refractivity contribution in [2.45, 2.75) is 18.3 Å². The van der Waals surface area contributed by atoms with Crippen LogP contribution in [0.4, 0.5) is 0 Å². The predicted molar refractivity (Wildman–Crippen MR) is 35.8 cm³/mol. The molecule has 3 N–H and O–H groups in total. The van der Waals surface area contributed by atoms with Crippen molar-refractivity contribution < 1.29 is 19.7 Å². The van der Waals surface area contributed by atoms with Crippen molar-refractivity contribution in [2.75, 3.05) is 13.7 Å². The molecule has 11 heavy (non-hydrogen) atoms. The number of hydrogen-bond acceptors (Lipinski definition) is 4. The van der Waals surface area contributed by atoms with Gasteiger partial charge in [-0.3, -0.25) is 4.79 Å². The standard InChI is InChI=1S/C6H11NO4/c1-7-6(10)5-4(9)3(8)2-11-5/h3-5,8-9H,2H2,1H3,(H,7,10)/t3-,4-,5-/m0/s1. The average molecular weight is 161 g/mol. The summed E-state index contributed by atoms with van der Waals surface area (Å²) in [6.07, 6.45) is -2.97. The molecule has 1 saturated heterocycles. The molecule has 1 rings (SSSR count). The SMILES string of the molecule is CNC(=O)[C@H]1OC[C@H](O)[C@@H]1O. The van der Waals surface area contributed by atoms with Gasteiger partial charge in [0.2, 0.25) is 0 Å². The Morgan fingerprint density at radius 2 is 2.27 bits per heavy atom. The molecule has 0 aromatic rings. The lowest BCUT2D eigenvalue weighted by Crippen LogP contribution is -2.41. The zero-order valence-corrected chi connectivity index (χ0v) is 6.15. The zero-order chi connectivity index (χ0) is 8.43. The normalized spacial score (nSPS) is 37.2. The van der Waals surface area contributed by atoms with Gasteiger partial charge >= 0.3 is 0 Å². The van der Waals surface area contributed by atoms with Crippen LogP contribution in [0.25, 0.3) is 0 Å². The third-order valence-corrected chi connectivity index (χ3v) is 1.66. The van der Waals surface area contributed by atoms with Gasteiger partial charge in [0.05, 0.1) is 6.61 Å². The quantitative estimate of drug-likeness (QED) is 0.410. The van der Waals surface area contributed by atoms with Crippen LogP contribution in [-0.4, -0.2) is 48.1 Å². The summed E-state index contributed by atoms with van der Waals surface area (Å²) in [6, 6.07) is 0. The fourth-order valence-electron chi connectivity index (χ4n) is 0.974. The molecule has 0 aliphatic carbocycles. The first-order chi connectivity index (χ1) is 5.16. The first kappa shape index (κ1) is 8.45. The van der Waals surface area contributed by atoms with Crippen LogP contribution >= 0.6 is 0 Å². The lowest BCUT2D eigenvalue weighted by molar-refractivity contribution is -0.133. The number of amides is 1. The highest BCUT2D eigenvalue weighted by Gasteiger charge is 2.38. The largest absolute Gasteiger partial charge is 0.388 e. The minimum Gasteiger partial charge on any atom is -0.388 e. The van der Waals surface area contributed by atoms with Gasteiger partial charge in [0.15, 0.2) is 6.10 Å². The van der Waals surface area contributed by atoms with Gasteiger partial charge < -0.3 is 20.3 Å². The summed E-state index contributed by atoms with van der Waals surface area (Å²) in [6.45, 7) is 0.0131. The third kappa shape index (κ3) is 1.50. The Kier molecular flexibility index (Phi) is 2.43. The number of hydrogen-bond donors (Lipinski definition) is 3. The molecule has 0 aromatic heterocycles. The number of aliphatic hydroxyl groups excluding tert-OH is 2. The van der Waals surface area contributed by atoms with E-state index in [0.717, 1.165) is 0 Å². The summed E-state index contributed by atoms with van der Waals surface area (Å²) < 4.78 is 4.82. The topological polar surface area (TPSA) is 78.8 Å². The minimum atomic E-state index is -1.10. The molecule has 1 aliphatic rings. The van der Waals surface area contributed by atoms with E-state index in [-0.39, 0.29) is 6.61 Å². The highest BCUT2D eigenvalue weighted by atomic mass is 16.5. The number of carbonyl (C=O) groups is 1. The van der Waals surface area contributed by atoms with Gasteiger partial charge in [-0.2, -0.15) is 0 Å². The molecular weight excluding hydrogens is 150 g/mol. The molecule has 0 spiro atoms. The molecule has 1 heterocycles. The lowest BCUT2D eigenvalue weighted by atomic mass is 10.1. The second-order valence-corrected chi connectivity index (χ2v) is 2.43. The number of ether oxygens (including phenoxy) is 1. The van der Waals surface area contributed by atoms with Gasteiger partial charge in [-0.15, -0.1) is 0 Å². The molecule has 0 saturated carbocycles. The van der Waals surface area contributed by atoms with Crippen LogP contribution in [-0.2, 0) is 9.53 Å². The second kappa shape index (κ2) is 3.17. The molecule has 5 nitrogen and oxygen atoms in total. The number of nitrogens with one attached hydrogen (secondary N) is 1. The Hall–Kier alpha value is -0.650. The molecule has 64 valence electrons. The third-order valence-electron chi connectivity index (χ3n) is 1.66. The van der Waals surface area contributed by atoms with Gasteiger partial charge in [-0.1, -0.05) is 0 Å². The van der Waals surface area contributed by atoms with E-state index in [1.54, 1.807) is 0 Å². The number of rotatable bonds is 1. The van der Waals surface area contributed by atoms with E-state index in [4.69, 9.17) is 14.9 Å². The fourth-order valence-corrected chi connectivity index (χ4v) is 0.974. The summed E-state index contributed by atoms with van der Waals surface area (Å²) in [7, 11) is 1.45. The van der Waals surface area contributed by atoms with Crippen molar-refractivity contribution in [3.05, 3.63) is 0 Å². The molecule has 1 aliphatic heterocycles.